The number of thioether (sulfide) groups is 1. The smallest absolute Gasteiger partial charge is 0.337 e. The van der Waals surface area contributed by atoms with E-state index in [4.69, 9.17) is 0 Å². The van der Waals surface area contributed by atoms with Crippen LogP contribution >= 0.6 is 43.6 Å². The van der Waals surface area contributed by atoms with E-state index in [2.05, 4.69) is 52.6 Å². The molecule has 3 aromatic rings. The highest BCUT2D eigenvalue weighted by atomic mass is 79.9. The van der Waals surface area contributed by atoms with E-state index in [-0.39, 0.29) is 23.1 Å². The molecule has 3 rings (SSSR count). The molecule has 2 aromatic carbocycles. The number of nitrogens with zero attached hydrogens (tertiary/aromatic N) is 4. The topological polar surface area (TPSA) is 140 Å². The van der Waals surface area contributed by atoms with E-state index in [1.165, 1.54) is 18.3 Å². The first-order chi connectivity index (χ1) is 14.8. The molecule has 0 fully saturated rings. The molecular formula is C18H14Br2N6O4S. The van der Waals surface area contributed by atoms with Gasteiger partial charge in [-0.3, -0.25) is 14.9 Å². The van der Waals surface area contributed by atoms with Crippen molar-refractivity contribution in [3.05, 3.63) is 61.0 Å². The number of hydrazone groups is 1. The summed E-state index contributed by atoms with van der Waals surface area (Å²) in [5.41, 5.74) is 3.24. The van der Waals surface area contributed by atoms with Crippen LogP contribution in [0.15, 0.2) is 55.6 Å². The average molecular weight is 570 g/mol. The van der Waals surface area contributed by atoms with E-state index in [1.54, 1.807) is 35.9 Å². The van der Waals surface area contributed by atoms with E-state index in [0.29, 0.717) is 31.1 Å². The first-order valence-corrected chi connectivity index (χ1v) is 11.1. The van der Waals surface area contributed by atoms with Crippen molar-refractivity contribution in [2.75, 3.05) is 5.75 Å². The molecule has 1 heterocycles. The second kappa shape index (κ2) is 10.0. The Morgan fingerprint density at radius 2 is 2.16 bits per heavy atom. The minimum absolute atomic E-state index is 0.0246. The normalized spacial score (nSPS) is 11.1. The molecule has 0 aliphatic carbocycles. The number of H-pyrrole nitrogens is 1. The SMILES string of the molecule is C[n+]1c(SCC(=O)N/N=C/c2cc(Br)cc(Br)c2[O-])n[nH]c1-c1cccc([N+](=O)[O-])c1. The molecule has 0 spiro atoms. The lowest BCUT2D eigenvalue weighted by Gasteiger charge is -2.12. The van der Waals surface area contributed by atoms with Crippen molar-refractivity contribution in [1.82, 2.24) is 15.6 Å². The highest BCUT2D eigenvalue weighted by molar-refractivity contribution is 9.11. The Hall–Kier alpha value is -2.77. The molecule has 0 radical (unpaired) electrons. The standard InChI is InChI=1S/C18H14Br2N6O4S/c1-25-17(10-3-2-4-13(6-10)26(29)30)23-24-18(25)31-9-15(27)22-21-8-11-5-12(19)7-14(20)16(11)28/h2-8H,9H2,1H3,(H2,21,22,27,28). The van der Waals surface area contributed by atoms with Gasteiger partial charge in [-0.15, -0.1) is 5.10 Å². The van der Waals surface area contributed by atoms with Gasteiger partial charge in [0.2, 0.25) is 0 Å². The summed E-state index contributed by atoms with van der Waals surface area (Å²) in [5.74, 6) is -0.0418. The van der Waals surface area contributed by atoms with Crippen molar-refractivity contribution in [2.45, 2.75) is 5.16 Å². The summed E-state index contributed by atoms with van der Waals surface area (Å²) in [7, 11) is 1.73. The largest absolute Gasteiger partial charge is 0.871 e. The van der Waals surface area contributed by atoms with Gasteiger partial charge in [-0.1, -0.05) is 43.7 Å². The Kier molecular flexibility index (Phi) is 7.41. The number of aromatic amines is 1. The fourth-order valence-electron chi connectivity index (χ4n) is 2.51. The molecule has 0 unspecified atom stereocenters. The van der Waals surface area contributed by atoms with E-state index in [1.807, 2.05) is 0 Å². The number of hydrogen-bond donors (Lipinski definition) is 2. The number of hydrogen-bond acceptors (Lipinski definition) is 7. The highest BCUT2D eigenvalue weighted by Crippen LogP contribution is 2.28. The number of amides is 1. The number of carbonyl (C=O) groups excluding carboxylic acids is 1. The lowest BCUT2D eigenvalue weighted by molar-refractivity contribution is -0.698. The fraction of sp³-hybridized carbons (Fsp3) is 0.111. The maximum absolute atomic E-state index is 12.1. The van der Waals surface area contributed by atoms with E-state index in [0.717, 1.165) is 11.8 Å². The number of nitro benzene ring substituents is 1. The average Bonchev–Trinajstić information content (AvgIpc) is 3.10. The van der Waals surface area contributed by atoms with Crippen LogP contribution < -0.4 is 15.1 Å². The first kappa shape index (κ1) is 22.9. The lowest BCUT2D eigenvalue weighted by Crippen LogP contribution is -2.32. The number of nitrogens with one attached hydrogen (secondary N) is 2. The van der Waals surface area contributed by atoms with Gasteiger partial charge in [-0.2, -0.15) is 5.10 Å². The van der Waals surface area contributed by atoms with Gasteiger partial charge in [-0.25, -0.2) is 9.99 Å². The van der Waals surface area contributed by atoms with Crippen LogP contribution in [0.25, 0.3) is 11.4 Å². The van der Waals surface area contributed by atoms with Crippen molar-refractivity contribution >= 4 is 61.4 Å². The third-order valence-electron chi connectivity index (χ3n) is 3.97. The van der Waals surface area contributed by atoms with Crippen LogP contribution in [0.5, 0.6) is 5.75 Å². The Balaban J connectivity index is 1.61. The molecule has 0 saturated carbocycles. The molecule has 0 atom stereocenters. The van der Waals surface area contributed by atoms with Gasteiger partial charge < -0.3 is 5.11 Å². The van der Waals surface area contributed by atoms with Crippen molar-refractivity contribution in [2.24, 2.45) is 12.1 Å². The first-order valence-electron chi connectivity index (χ1n) is 8.56. The number of nitro groups is 1. The molecule has 0 bridgehead atoms. The summed E-state index contributed by atoms with van der Waals surface area (Å²) < 4.78 is 2.78. The summed E-state index contributed by atoms with van der Waals surface area (Å²) >= 11 is 7.61. The van der Waals surface area contributed by atoms with Crippen molar-refractivity contribution in [3.63, 3.8) is 0 Å². The summed E-state index contributed by atoms with van der Waals surface area (Å²) in [5, 5.41) is 34.3. The second-order valence-corrected chi connectivity index (χ2v) is 8.82. The van der Waals surface area contributed by atoms with Crippen molar-refractivity contribution < 1.29 is 19.4 Å². The van der Waals surface area contributed by atoms with Crippen LogP contribution in [0, 0.1) is 10.1 Å². The number of benzene rings is 2. The summed E-state index contributed by atoms with van der Waals surface area (Å²) in [6.45, 7) is 0. The monoisotopic (exact) mass is 568 g/mol. The van der Waals surface area contributed by atoms with Gasteiger partial charge in [0, 0.05) is 21.1 Å². The van der Waals surface area contributed by atoms with Crippen molar-refractivity contribution in [1.29, 1.82) is 0 Å². The third kappa shape index (κ3) is 5.68. The zero-order valence-electron chi connectivity index (χ0n) is 15.8. The Morgan fingerprint density at radius 3 is 2.90 bits per heavy atom. The van der Waals surface area contributed by atoms with E-state index < -0.39 is 4.92 Å². The molecule has 10 nitrogen and oxygen atoms in total. The van der Waals surface area contributed by atoms with Gasteiger partial charge >= 0.3 is 5.16 Å². The molecule has 0 aliphatic rings. The van der Waals surface area contributed by atoms with E-state index >= 15 is 0 Å². The maximum atomic E-state index is 12.1. The Labute approximate surface area is 197 Å². The van der Waals surface area contributed by atoms with Gasteiger partial charge in [-0.05, 0) is 35.5 Å². The molecule has 0 aliphatic heterocycles. The zero-order chi connectivity index (χ0) is 22.5. The van der Waals surface area contributed by atoms with Crippen LogP contribution in [0.3, 0.4) is 0 Å². The predicted molar refractivity (Wildman–Crippen MR) is 120 cm³/mol. The molecule has 1 amide bonds. The molecule has 13 heteroatoms. The predicted octanol–water partition coefficient (Wildman–Crippen LogP) is 2.65. The number of non-ortho nitro benzene ring substituents is 1. The number of aromatic nitrogens is 3. The summed E-state index contributed by atoms with van der Waals surface area (Å²) in [6.07, 6.45) is 1.27. The molecule has 2 N–H and O–H groups in total. The number of halogens is 2. The molecule has 1 aromatic heterocycles. The summed E-state index contributed by atoms with van der Waals surface area (Å²) in [6, 6.07) is 9.37. The Bertz CT molecular complexity index is 1180. The highest BCUT2D eigenvalue weighted by Gasteiger charge is 2.21. The quantitative estimate of drug-likeness (QED) is 0.147. The van der Waals surface area contributed by atoms with Gasteiger partial charge in [0.25, 0.3) is 17.4 Å². The van der Waals surface area contributed by atoms with E-state index in [9.17, 15) is 20.0 Å². The lowest BCUT2D eigenvalue weighted by atomic mass is 10.2. The minimum Gasteiger partial charge on any atom is -0.871 e. The number of carbonyl (C=O) groups is 1. The molecule has 160 valence electrons. The van der Waals surface area contributed by atoms with Gasteiger partial charge in [0.15, 0.2) is 0 Å². The Morgan fingerprint density at radius 1 is 1.39 bits per heavy atom. The molecule has 0 saturated heterocycles. The molecule has 31 heavy (non-hydrogen) atoms. The van der Waals surface area contributed by atoms with Crippen LogP contribution in [0.4, 0.5) is 5.69 Å². The van der Waals surface area contributed by atoms with Gasteiger partial charge in [0.1, 0.15) is 0 Å². The summed E-state index contributed by atoms with van der Waals surface area (Å²) in [4.78, 5) is 22.6. The zero-order valence-corrected chi connectivity index (χ0v) is 19.8. The van der Waals surface area contributed by atoms with Crippen molar-refractivity contribution in [3.8, 4) is 17.1 Å². The fourth-order valence-corrected chi connectivity index (χ4v) is 4.49. The van der Waals surface area contributed by atoms with Crippen LogP contribution in [-0.4, -0.2) is 33.0 Å². The second-order valence-electron chi connectivity index (χ2n) is 6.11. The van der Waals surface area contributed by atoms with Crippen LogP contribution in [0.1, 0.15) is 5.56 Å². The maximum Gasteiger partial charge on any atom is 0.337 e. The molecular weight excluding hydrogens is 556 g/mol. The van der Waals surface area contributed by atoms with Crippen LogP contribution in [-0.2, 0) is 11.8 Å². The minimum atomic E-state index is -0.469. The van der Waals surface area contributed by atoms with Crippen LogP contribution in [0.2, 0.25) is 0 Å². The number of rotatable bonds is 7. The third-order valence-corrected chi connectivity index (χ3v) is 6.05. The van der Waals surface area contributed by atoms with Gasteiger partial charge in [0.05, 0.1) is 34.6 Å².